The van der Waals surface area contributed by atoms with E-state index in [1.807, 2.05) is 23.9 Å². The van der Waals surface area contributed by atoms with Crippen molar-refractivity contribution in [3.63, 3.8) is 0 Å². The van der Waals surface area contributed by atoms with Gasteiger partial charge in [-0.25, -0.2) is 9.97 Å². The van der Waals surface area contributed by atoms with Crippen molar-refractivity contribution < 1.29 is 4.42 Å². The number of nitrogens with zero attached hydrogens (tertiary/aromatic N) is 2. The van der Waals surface area contributed by atoms with Crippen molar-refractivity contribution in [2.45, 2.75) is 15.2 Å². The Kier molecular flexibility index (Phi) is 8.06. The molecule has 0 saturated carbocycles. The van der Waals surface area contributed by atoms with Crippen molar-refractivity contribution in [1.82, 2.24) is 9.97 Å². The smallest absolute Gasteiger partial charge is 0.160 e. The Bertz CT molecular complexity index is 3560. The largest absolute Gasteiger partial charge is 0.455 e. The van der Waals surface area contributed by atoms with Crippen molar-refractivity contribution in [3.05, 3.63) is 241 Å². The first-order chi connectivity index (χ1) is 31.2. The molecule has 9 aromatic carbocycles. The predicted molar refractivity (Wildman–Crippen MR) is 258 cm³/mol. The molecule has 11 aromatic rings. The second kappa shape index (κ2) is 14.1. The van der Waals surface area contributed by atoms with Crippen LogP contribution in [0.15, 0.2) is 233 Å². The molecule has 3 nitrogen and oxygen atoms in total. The molecular formula is C59H36N2OS. The Balaban J connectivity index is 1.06. The van der Waals surface area contributed by atoms with Gasteiger partial charge in [0.25, 0.3) is 0 Å². The number of aromatic nitrogens is 2. The highest BCUT2D eigenvalue weighted by atomic mass is 32.2. The molecule has 2 aliphatic rings. The van der Waals surface area contributed by atoms with Crippen LogP contribution in [0.1, 0.15) is 22.3 Å². The quantitative estimate of drug-likeness (QED) is 0.173. The zero-order valence-electron chi connectivity index (χ0n) is 34.0. The lowest BCUT2D eigenvalue weighted by molar-refractivity contribution is 0.670. The Morgan fingerprint density at radius 3 is 1.70 bits per heavy atom. The fourth-order valence-corrected chi connectivity index (χ4v) is 11.4. The molecule has 4 heteroatoms. The molecule has 13 rings (SSSR count). The number of benzene rings is 9. The minimum atomic E-state index is -0.460. The monoisotopic (exact) mass is 820 g/mol. The summed E-state index contributed by atoms with van der Waals surface area (Å²) in [5, 5.41) is 2.15. The van der Waals surface area contributed by atoms with Gasteiger partial charge in [0.15, 0.2) is 5.82 Å². The summed E-state index contributed by atoms with van der Waals surface area (Å²) in [6.07, 6.45) is 0. The van der Waals surface area contributed by atoms with Crippen LogP contribution in [-0.2, 0) is 5.41 Å². The van der Waals surface area contributed by atoms with Crippen LogP contribution in [0, 0.1) is 0 Å². The van der Waals surface area contributed by atoms with Gasteiger partial charge in [-0.3, -0.25) is 0 Å². The molecule has 0 amide bonds. The van der Waals surface area contributed by atoms with Gasteiger partial charge in [-0.15, -0.1) is 0 Å². The topological polar surface area (TPSA) is 38.9 Å². The third-order valence-corrected chi connectivity index (χ3v) is 14.2. The van der Waals surface area contributed by atoms with Crippen molar-refractivity contribution in [1.29, 1.82) is 0 Å². The summed E-state index contributed by atoms with van der Waals surface area (Å²) in [4.78, 5) is 13.6. The molecule has 1 aliphatic heterocycles. The lowest BCUT2D eigenvalue weighted by atomic mass is 9.67. The summed E-state index contributed by atoms with van der Waals surface area (Å²) in [6, 6.07) is 78.4. The van der Waals surface area contributed by atoms with E-state index in [1.165, 1.54) is 48.7 Å². The highest BCUT2D eigenvalue weighted by molar-refractivity contribution is 7.99. The maximum absolute atomic E-state index is 6.65. The van der Waals surface area contributed by atoms with Crippen LogP contribution in [0.3, 0.4) is 0 Å². The first-order valence-corrected chi connectivity index (χ1v) is 22.2. The molecule has 0 radical (unpaired) electrons. The lowest BCUT2D eigenvalue weighted by Crippen LogP contribution is -2.31. The number of rotatable bonds is 5. The predicted octanol–water partition coefficient (Wildman–Crippen LogP) is 15.5. The number of furan rings is 1. The second-order valence-electron chi connectivity index (χ2n) is 16.4. The molecule has 0 saturated heterocycles. The van der Waals surface area contributed by atoms with E-state index in [0.29, 0.717) is 5.82 Å². The Morgan fingerprint density at radius 1 is 0.349 bits per heavy atom. The molecule has 2 aromatic heterocycles. The van der Waals surface area contributed by atoms with Gasteiger partial charge < -0.3 is 4.42 Å². The van der Waals surface area contributed by atoms with Gasteiger partial charge in [0.2, 0.25) is 0 Å². The fourth-order valence-electron chi connectivity index (χ4n) is 10.2. The van der Waals surface area contributed by atoms with Gasteiger partial charge in [0, 0.05) is 37.3 Å². The maximum Gasteiger partial charge on any atom is 0.160 e. The summed E-state index contributed by atoms with van der Waals surface area (Å²) in [5.41, 5.74) is 17.9. The van der Waals surface area contributed by atoms with Gasteiger partial charge in [-0.05, 0) is 98.1 Å². The number of hydrogen-bond acceptors (Lipinski definition) is 4. The third-order valence-electron chi connectivity index (χ3n) is 13.0. The third kappa shape index (κ3) is 5.48. The van der Waals surface area contributed by atoms with Crippen LogP contribution in [0.5, 0.6) is 0 Å². The Morgan fingerprint density at radius 2 is 0.921 bits per heavy atom. The normalized spacial score (nSPS) is 13.1. The highest BCUT2D eigenvalue weighted by Crippen LogP contribution is 2.62. The van der Waals surface area contributed by atoms with Gasteiger partial charge in [0.05, 0.1) is 16.8 Å². The van der Waals surface area contributed by atoms with Gasteiger partial charge in [-0.1, -0.05) is 188 Å². The summed E-state index contributed by atoms with van der Waals surface area (Å²) >= 11 is 1.86. The van der Waals surface area contributed by atoms with Crippen LogP contribution in [0.4, 0.5) is 0 Å². The van der Waals surface area contributed by atoms with Crippen LogP contribution in [0.25, 0.3) is 89.2 Å². The molecule has 3 heterocycles. The zero-order chi connectivity index (χ0) is 41.5. The average molecular weight is 821 g/mol. The fraction of sp³-hybridized carbons (Fsp3) is 0.0169. The molecule has 0 atom stereocenters. The minimum Gasteiger partial charge on any atom is -0.455 e. The number of fused-ring (bicyclic) bond motifs is 12. The van der Waals surface area contributed by atoms with Crippen LogP contribution >= 0.6 is 11.8 Å². The van der Waals surface area contributed by atoms with Gasteiger partial charge in [-0.2, -0.15) is 0 Å². The van der Waals surface area contributed by atoms with Gasteiger partial charge in [0.1, 0.15) is 11.2 Å². The van der Waals surface area contributed by atoms with E-state index < -0.39 is 5.41 Å². The Labute approximate surface area is 369 Å². The van der Waals surface area contributed by atoms with E-state index in [0.717, 1.165) is 66.7 Å². The molecule has 0 bridgehead atoms. The molecule has 0 fully saturated rings. The summed E-state index contributed by atoms with van der Waals surface area (Å²) < 4.78 is 6.65. The maximum atomic E-state index is 6.65. The second-order valence-corrected chi connectivity index (χ2v) is 17.5. The molecule has 1 spiro atoms. The first-order valence-electron chi connectivity index (χ1n) is 21.4. The summed E-state index contributed by atoms with van der Waals surface area (Å²) in [7, 11) is 0. The van der Waals surface area contributed by atoms with E-state index >= 15 is 0 Å². The van der Waals surface area contributed by atoms with E-state index in [2.05, 4.69) is 206 Å². The van der Waals surface area contributed by atoms with Crippen molar-refractivity contribution in [2.75, 3.05) is 0 Å². The van der Waals surface area contributed by atoms with Crippen molar-refractivity contribution in [3.8, 4) is 67.3 Å². The van der Waals surface area contributed by atoms with Crippen molar-refractivity contribution in [2.24, 2.45) is 0 Å². The summed E-state index contributed by atoms with van der Waals surface area (Å²) in [5.74, 6) is 0.656. The lowest BCUT2D eigenvalue weighted by Gasteiger charge is -2.39. The number of para-hydroxylation sites is 2. The van der Waals surface area contributed by atoms with E-state index in [1.54, 1.807) is 0 Å². The number of hydrogen-bond donors (Lipinski definition) is 0. The summed E-state index contributed by atoms with van der Waals surface area (Å²) in [6.45, 7) is 0. The van der Waals surface area contributed by atoms with E-state index in [-0.39, 0.29) is 0 Å². The Hall–Kier alpha value is -7.79. The molecular weight excluding hydrogens is 785 g/mol. The molecule has 294 valence electrons. The van der Waals surface area contributed by atoms with Crippen LogP contribution < -0.4 is 0 Å². The van der Waals surface area contributed by atoms with E-state index in [9.17, 15) is 0 Å². The first kappa shape index (κ1) is 35.9. The zero-order valence-corrected chi connectivity index (χ0v) is 34.8. The minimum absolute atomic E-state index is 0.460. The van der Waals surface area contributed by atoms with Crippen molar-refractivity contribution >= 4 is 33.7 Å². The van der Waals surface area contributed by atoms with E-state index in [4.69, 9.17) is 14.4 Å². The molecule has 63 heavy (non-hydrogen) atoms. The van der Waals surface area contributed by atoms with Crippen LogP contribution in [-0.4, -0.2) is 9.97 Å². The molecule has 1 aliphatic carbocycles. The molecule has 0 N–H and O–H groups in total. The van der Waals surface area contributed by atoms with Gasteiger partial charge >= 0.3 is 0 Å². The SMILES string of the molecule is c1ccc(-c2ccc(-c3cc(-c4cccc5c4oc4ccccc45)nc(-c4ccc5c(c4)-c4ccccc4C54c5ccccc5Sc5ccccc54)n3)c(-c3ccccc3)c2)cc1. The average Bonchev–Trinajstić information content (AvgIpc) is 3.88. The van der Waals surface area contributed by atoms with Crippen LogP contribution in [0.2, 0.25) is 0 Å². The highest BCUT2D eigenvalue weighted by Gasteiger charge is 2.50. The standard InChI is InChI=1S/C59H36N2OS/c1-3-16-37(17-4-1)39-30-32-42(46(34-39)38-18-5-2-6-19-38)52-36-53(45-23-15-22-44-43-21-8-12-27-54(43)62-57(44)45)61-58(60-52)40-31-33-49-47(35-40)41-20-7-9-24-48(41)59(49)50-25-10-13-28-55(50)63-56-29-14-11-26-51(56)59/h1-36H. The molecule has 0 unspecified atom stereocenters.